The zero-order chi connectivity index (χ0) is 27.9. The normalized spacial score (nSPS) is 11.2. The fraction of sp³-hybridized carbons (Fsp3) is 0.514. The van der Waals surface area contributed by atoms with Crippen molar-refractivity contribution in [2.45, 2.75) is 117 Å². The Bertz CT molecular complexity index is 1170. The first kappa shape index (κ1) is 30.5. The molecule has 0 aliphatic heterocycles. The van der Waals surface area contributed by atoms with E-state index < -0.39 is 5.97 Å². The minimum absolute atomic E-state index is 0.0251. The first-order valence-corrected chi connectivity index (χ1v) is 15.3. The van der Waals surface area contributed by atoms with Gasteiger partial charge in [-0.1, -0.05) is 133 Å². The van der Waals surface area contributed by atoms with Gasteiger partial charge in [0.05, 0.1) is 0 Å². The summed E-state index contributed by atoms with van der Waals surface area (Å²) in [7, 11) is 0. The minimum Gasteiger partial charge on any atom is -0.504 e. The molecule has 0 saturated carbocycles. The second-order valence-corrected chi connectivity index (χ2v) is 10.8. The van der Waals surface area contributed by atoms with E-state index in [1.807, 2.05) is 48.5 Å². The number of fused-ring (bicyclic) bond motifs is 1. The van der Waals surface area contributed by atoms with Crippen molar-refractivity contribution in [1.82, 2.24) is 0 Å². The lowest BCUT2D eigenvalue weighted by atomic mass is 9.93. The Morgan fingerprint density at radius 3 is 1.77 bits per heavy atom. The van der Waals surface area contributed by atoms with Crippen LogP contribution < -0.4 is 4.74 Å². The van der Waals surface area contributed by atoms with Gasteiger partial charge < -0.3 is 14.9 Å². The third kappa shape index (κ3) is 9.02. The van der Waals surface area contributed by atoms with Crippen LogP contribution in [0, 0.1) is 0 Å². The number of hydrogen-bond donors (Lipinski definition) is 2. The molecule has 3 rings (SSSR count). The molecule has 0 heterocycles. The van der Waals surface area contributed by atoms with Crippen LogP contribution in [0.2, 0.25) is 0 Å². The quantitative estimate of drug-likeness (QED) is 0.0740. The first-order valence-electron chi connectivity index (χ1n) is 15.3. The number of carbonyl (C=O) groups excluding carboxylic acids is 1. The van der Waals surface area contributed by atoms with Crippen molar-refractivity contribution in [3.05, 3.63) is 65.2 Å². The number of hydrogen-bond acceptors (Lipinski definition) is 4. The van der Waals surface area contributed by atoms with Crippen molar-refractivity contribution in [3.8, 4) is 17.2 Å². The fourth-order valence-electron chi connectivity index (χ4n) is 5.43. The van der Waals surface area contributed by atoms with E-state index in [2.05, 4.69) is 13.8 Å². The fourth-order valence-corrected chi connectivity index (χ4v) is 5.43. The van der Waals surface area contributed by atoms with E-state index in [1.165, 1.54) is 64.2 Å². The Morgan fingerprint density at radius 2 is 1.13 bits per heavy atom. The van der Waals surface area contributed by atoms with Crippen LogP contribution in [0.4, 0.5) is 0 Å². The summed E-state index contributed by atoms with van der Waals surface area (Å²) in [6, 6.07) is 15.1. The highest BCUT2D eigenvalue weighted by atomic mass is 16.5. The molecule has 0 aliphatic carbocycles. The highest BCUT2D eigenvalue weighted by Gasteiger charge is 2.25. The molecule has 4 heteroatoms. The van der Waals surface area contributed by atoms with Crippen molar-refractivity contribution in [1.29, 1.82) is 0 Å². The molecular weight excluding hydrogens is 484 g/mol. The van der Waals surface area contributed by atoms with Gasteiger partial charge in [0.2, 0.25) is 0 Å². The van der Waals surface area contributed by atoms with Crippen molar-refractivity contribution < 1.29 is 19.7 Å². The summed E-state index contributed by atoms with van der Waals surface area (Å²) in [5.41, 5.74) is 1.72. The molecule has 39 heavy (non-hydrogen) atoms. The number of para-hydroxylation sites is 1. The number of benzene rings is 3. The molecule has 0 amide bonds. The number of ether oxygens (including phenoxy) is 1. The number of carbonyl (C=O) groups is 1. The van der Waals surface area contributed by atoms with Gasteiger partial charge in [-0.15, -0.1) is 0 Å². The Labute approximate surface area is 235 Å². The highest BCUT2D eigenvalue weighted by Crippen LogP contribution is 2.41. The zero-order valence-corrected chi connectivity index (χ0v) is 24.1. The van der Waals surface area contributed by atoms with E-state index in [4.69, 9.17) is 4.74 Å². The van der Waals surface area contributed by atoms with Crippen LogP contribution in [0.5, 0.6) is 17.2 Å². The molecule has 0 aliphatic rings. The van der Waals surface area contributed by atoms with E-state index in [-0.39, 0.29) is 17.1 Å². The summed E-state index contributed by atoms with van der Waals surface area (Å²) in [6.07, 6.45) is 18.3. The summed E-state index contributed by atoms with van der Waals surface area (Å²) >= 11 is 0. The summed E-state index contributed by atoms with van der Waals surface area (Å²) in [6.45, 7) is 4.45. The van der Waals surface area contributed by atoms with Crippen molar-refractivity contribution >= 4 is 16.7 Å². The third-order valence-electron chi connectivity index (χ3n) is 7.73. The second-order valence-electron chi connectivity index (χ2n) is 10.8. The summed E-state index contributed by atoms with van der Waals surface area (Å²) in [4.78, 5) is 13.4. The number of rotatable bonds is 18. The molecule has 0 bridgehead atoms. The topological polar surface area (TPSA) is 66.8 Å². The zero-order valence-electron chi connectivity index (χ0n) is 24.1. The van der Waals surface area contributed by atoms with E-state index >= 15 is 0 Å². The molecule has 3 aromatic carbocycles. The Hall–Kier alpha value is -3.01. The van der Waals surface area contributed by atoms with Crippen LogP contribution >= 0.6 is 0 Å². The van der Waals surface area contributed by atoms with Crippen LogP contribution in [0.25, 0.3) is 10.8 Å². The summed E-state index contributed by atoms with van der Waals surface area (Å²) in [5, 5.41) is 23.4. The molecule has 4 nitrogen and oxygen atoms in total. The van der Waals surface area contributed by atoms with Crippen molar-refractivity contribution in [3.63, 3.8) is 0 Å². The van der Waals surface area contributed by atoms with E-state index in [1.54, 1.807) is 0 Å². The van der Waals surface area contributed by atoms with Gasteiger partial charge in [-0.3, -0.25) is 0 Å². The Balaban J connectivity index is 1.71. The SMILES string of the molecule is CCCCCCCCCc1ccccc1OC(=O)c1c(O)c(O)c(CCCCCCCCC)c2ccccc12. The molecule has 0 fully saturated rings. The number of aromatic hydroxyl groups is 2. The average Bonchev–Trinajstić information content (AvgIpc) is 2.94. The molecule has 0 saturated heterocycles. The second kappa shape index (κ2) is 16.8. The number of unbranched alkanes of at least 4 members (excludes halogenated alkanes) is 12. The lowest BCUT2D eigenvalue weighted by molar-refractivity contribution is 0.0731. The van der Waals surface area contributed by atoms with E-state index in [0.717, 1.165) is 43.1 Å². The molecule has 212 valence electrons. The smallest absolute Gasteiger partial charge is 0.348 e. The van der Waals surface area contributed by atoms with Crippen LogP contribution in [-0.2, 0) is 12.8 Å². The minimum atomic E-state index is -0.645. The van der Waals surface area contributed by atoms with Gasteiger partial charge in [-0.05, 0) is 42.7 Å². The van der Waals surface area contributed by atoms with Gasteiger partial charge in [0, 0.05) is 10.9 Å². The van der Waals surface area contributed by atoms with E-state index in [9.17, 15) is 15.0 Å². The standard InChI is InChI=1S/C35H48O4/c1-3-5-7-9-11-13-15-21-27-22-17-20-26-31(27)39-35(38)32-29-24-19-18-23-28(29)30(33(36)34(32)37)25-16-14-12-10-8-6-4-2/h17-20,22-24,26,36-37H,3-16,21,25H2,1-2H3. The predicted molar refractivity (Wildman–Crippen MR) is 162 cm³/mol. The predicted octanol–water partition coefficient (Wildman–Crippen LogP) is 10.1. The molecule has 0 aromatic heterocycles. The average molecular weight is 533 g/mol. The number of aryl methyl sites for hydroxylation is 2. The highest BCUT2D eigenvalue weighted by molar-refractivity contribution is 6.10. The lowest BCUT2D eigenvalue weighted by Crippen LogP contribution is -2.11. The Morgan fingerprint density at radius 1 is 0.615 bits per heavy atom. The molecule has 0 spiro atoms. The third-order valence-corrected chi connectivity index (χ3v) is 7.73. The first-order chi connectivity index (χ1) is 19.1. The van der Waals surface area contributed by atoms with Crippen LogP contribution in [-0.4, -0.2) is 16.2 Å². The number of esters is 1. The van der Waals surface area contributed by atoms with Crippen LogP contribution in [0.1, 0.15) is 125 Å². The van der Waals surface area contributed by atoms with E-state index in [0.29, 0.717) is 23.1 Å². The summed E-state index contributed by atoms with van der Waals surface area (Å²) < 4.78 is 5.86. The van der Waals surface area contributed by atoms with Crippen LogP contribution in [0.15, 0.2) is 48.5 Å². The molecule has 3 aromatic rings. The number of phenolic OH excluding ortho intramolecular Hbond substituents is 2. The van der Waals surface area contributed by atoms with Crippen LogP contribution in [0.3, 0.4) is 0 Å². The maximum absolute atomic E-state index is 13.4. The molecule has 0 unspecified atom stereocenters. The van der Waals surface area contributed by atoms with Gasteiger partial charge >= 0.3 is 5.97 Å². The maximum atomic E-state index is 13.4. The monoisotopic (exact) mass is 532 g/mol. The van der Waals surface area contributed by atoms with Crippen molar-refractivity contribution in [2.75, 3.05) is 0 Å². The van der Waals surface area contributed by atoms with Gasteiger partial charge in [0.25, 0.3) is 0 Å². The summed E-state index contributed by atoms with van der Waals surface area (Å²) in [5.74, 6) is -0.721. The molecule has 0 atom stereocenters. The van der Waals surface area contributed by atoms with Gasteiger partial charge in [-0.2, -0.15) is 0 Å². The lowest BCUT2D eigenvalue weighted by Gasteiger charge is -2.16. The molecular formula is C35H48O4. The van der Waals surface area contributed by atoms with Crippen molar-refractivity contribution in [2.24, 2.45) is 0 Å². The molecule has 0 radical (unpaired) electrons. The van der Waals surface area contributed by atoms with Gasteiger partial charge in [0.1, 0.15) is 11.3 Å². The largest absolute Gasteiger partial charge is 0.504 e. The Kier molecular flexibility index (Phi) is 13.2. The van der Waals surface area contributed by atoms with Gasteiger partial charge in [-0.25, -0.2) is 4.79 Å². The molecule has 2 N–H and O–H groups in total. The number of phenols is 2. The van der Waals surface area contributed by atoms with Gasteiger partial charge in [0.15, 0.2) is 11.5 Å². The maximum Gasteiger partial charge on any atom is 0.348 e.